The number of halogens is 4. The van der Waals surface area contributed by atoms with E-state index in [-0.39, 0.29) is 11.9 Å². The Bertz CT molecular complexity index is 578. The highest BCUT2D eigenvalue weighted by Crippen LogP contribution is 2.35. The molecule has 1 atom stereocenters. The van der Waals surface area contributed by atoms with Gasteiger partial charge >= 0.3 is 0 Å². The highest BCUT2D eigenvalue weighted by atomic mass is 35.5. The van der Waals surface area contributed by atoms with Crippen LogP contribution in [0.2, 0.25) is 15.1 Å². The third-order valence-corrected chi connectivity index (χ3v) is 3.53. The van der Waals surface area contributed by atoms with Crippen LogP contribution in [0.4, 0.5) is 10.1 Å². The van der Waals surface area contributed by atoms with Crippen molar-refractivity contribution in [1.82, 2.24) is 0 Å². The van der Waals surface area contributed by atoms with Gasteiger partial charge in [-0.3, -0.25) is 0 Å². The fraction of sp³-hybridized carbons (Fsp3) is 0.143. The summed E-state index contributed by atoms with van der Waals surface area (Å²) in [4.78, 5) is 0. The first-order valence-electron chi connectivity index (χ1n) is 5.64. The van der Waals surface area contributed by atoms with E-state index in [1.165, 1.54) is 12.1 Å². The van der Waals surface area contributed by atoms with Crippen LogP contribution < -0.4 is 5.32 Å². The molecule has 5 heteroatoms. The van der Waals surface area contributed by atoms with Crippen molar-refractivity contribution in [3.8, 4) is 0 Å². The fourth-order valence-electron chi connectivity index (χ4n) is 1.76. The molecule has 0 heterocycles. The second-order valence-electron chi connectivity index (χ2n) is 4.17. The van der Waals surface area contributed by atoms with E-state index >= 15 is 0 Å². The average molecular weight is 319 g/mol. The minimum Gasteiger partial charge on any atom is -0.376 e. The van der Waals surface area contributed by atoms with E-state index in [0.717, 1.165) is 5.56 Å². The maximum atomic E-state index is 13.2. The van der Waals surface area contributed by atoms with Gasteiger partial charge in [0, 0.05) is 11.1 Å². The van der Waals surface area contributed by atoms with Crippen LogP contribution in [0, 0.1) is 5.82 Å². The molecular weight excluding hydrogens is 308 g/mol. The maximum absolute atomic E-state index is 13.2. The van der Waals surface area contributed by atoms with Crippen LogP contribution in [0.15, 0.2) is 36.4 Å². The van der Waals surface area contributed by atoms with Gasteiger partial charge in [0.25, 0.3) is 0 Å². The number of benzene rings is 2. The van der Waals surface area contributed by atoms with Crippen molar-refractivity contribution >= 4 is 40.5 Å². The lowest BCUT2D eigenvalue weighted by Gasteiger charge is -2.18. The van der Waals surface area contributed by atoms with E-state index < -0.39 is 0 Å². The number of anilines is 1. The zero-order valence-corrected chi connectivity index (χ0v) is 12.3. The van der Waals surface area contributed by atoms with E-state index in [9.17, 15) is 4.39 Å². The molecular formula is C14H11Cl3FN. The van der Waals surface area contributed by atoms with Crippen molar-refractivity contribution < 1.29 is 4.39 Å². The summed E-state index contributed by atoms with van der Waals surface area (Å²) in [7, 11) is 0. The predicted octanol–water partition coefficient (Wildman–Crippen LogP) is 5.96. The van der Waals surface area contributed by atoms with Crippen LogP contribution >= 0.6 is 34.8 Å². The van der Waals surface area contributed by atoms with E-state index in [4.69, 9.17) is 34.8 Å². The smallest absolute Gasteiger partial charge is 0.123 e. The van der Waals surface area contributed by atoms with Crippen LogP contribution in [-0.4, -0.2) is 0 Å². The van der Waals surface area contributed by atoms with E-state index in [2.05, 4.69) is 5.32 Å². The molecule has 19 heavy (non-hydrogen) atoms. The van der Waals surface area contributed by atoms with Crippen LogP contribution in [-0.2, 0) is 0 Å². The molecule has 2 aromatic rings. The van der Waals surface area contributed by atoms with Gasteiger partial charge in [-0.15, -0.1) is 0 Å². The second-order valence-corrected chi connectivity index (χ2v) is 5.42. The fourth-order valence-corrected chi connectivity index (χ4v) is 2.68. The summed E-state index contributed by atoms with van der Waals surface area (Å²) in [6.07, 6.45) is 0. The SMILES string of the molecule is CC(Nc1c(Cl)cc(Cl)cc1Cl)c1cccc(F)c1. The molecule has 2 aromatic carbocycles. The molecule has 100 valence electrons. The molecule has 2 rings (SSSR count). The van der Waals surface area contributed by atoms with Gasteiger partial charge in [-0.05, 0) is 36.8 Å². The third kappa shape index (κ3) is 3.53. The molecule has 0 amide bonds. The van der Waals surface area contributed by atoms with E-state index in [1.807, 2.05) is 13.0 Å². The lowest BCUT2D eigenvalue weighted by atomic mass is 10.1. The van der Waals surface area contributed by atoms with Crippen molar-refractivity contribution in [2.24, 2.45) is 0 Å². The third-order valence-electron chi connectivity index (χ3n) is 2.72. The molecule has 0 aliphatic rings. The van der Waals surface area contributed by atoms with Crippen LogP contribution in [0.1, 0.15) is 18.5 Å². The summed E-state index contributed by atoms with van der Waals surface area (Å²) in [6, 6.07) is 9.44. The predicted molar refractivity (Wildman–Crippen MR) is 79.9 cm³/mol. The highest BCUT2D eigenvalue weighted by molar-refractivity contribution is 6.41. The highest BCUT2D eigenvalue weighted by Gasteiger charge is 2.12. The van der Waals surface area contributed by atoms with Gasteiger partial charge in [-0.2, -0.15) is 0 Å². The Kier molecular flexibility index (Phi) is 4.56. The first-order chi connectivity index (χ1) is 8.97. The number of hydrogen-bond acceptors (Lipinski definition) is 1. The molecule has 0 saturated heterocycles. The lowest BCUT2D eigenvalue weighted by molar-refractivity contribution is 0.623. The molecule has 0 aliphatic heterocycles. The molecule has 0 aromatic heterocycles. The number of hydrogen-bond donors (Lipinski definition) is 1. The minimum atomic E-state index is -0.278. The molecule has 0 saturated carbocycles. The molecule has 1 nitrogen and oxygen atoms in total. The summed E-state index contributed by atoms with van der Waals surface area (Å²) in [5.41, 5.74) is 1.39. The quantitative estimate of drug-likeness (QED) is 0.736. The lowest BCUT2D eigenvalue weighted by Crippen LogP contribution is -2.07. The van der Waals surface area contributed by atoms with Gasteiger partial charge in [0.15, 0.2) is 0 Å². The summed E-state index contributed by atoms with van der Waals surface area (Å²) in [5, 5.41) is 4.49. The van der Waals surface area contributed by atoms with Crippen molar-refractivity contribution in [3.05, 3.63) is 62.8 Å². The monoisotopic (exact) mass is 317 g/mol. The van der Waals surface area contributed by atoms with Gasteiger partial charge in [0.1, 0.15) is 5.82 Å². The first kappa shape index (κ1) is 14.4. The summed E-state index contributed by atoms with van der Waals surface area (Å²) >= 11 is 18.0. The zero-order valence-electron chi connectivity index (χ0n) is 10.1. The molecule has 1 N–H and O–H groups in total. The maximum Gasteiger partial charge on any atom is 0.123 e. The standard InChI is InChI=1S/C14H11Cl3FN/c1-8(9-3-2-4-11(18)5-9)19-14-12(16)6-10(15)7-13(14)17/h2-8,19H,1H3. The van der Waals surface area contributed by atoms with Gasteiger partial charge < -0.3 is 5.32 Å². The van der Waals surface area contributed by atoms with E-state index in [1.54, 1.807) is 18.2 Å². The second kappa shape index (κ2) is 6.00. The topological polar surface area (TPSA) is 12.0 Å². The molecule has 0 radical (unpaired) electrons. The summed E-state index contributed by atoms with van der Waals surface area (Å²) in [5.74, 6) is -0.278. The first-order valence-corrected chi connectivity index (χ1v) is 6.77. The Morgan fingerprint density at radius 3 is 2.26 bits per heavy atom. The zero-order chi connectivity index (χ0) is 14.0. The average Bonchev–Trinajstić information content (AvgIpc) is 2.33. The largest absolute Gasteiger partial charge is 0.376 e. The van der Waals surface area contributed by atoms with Gasteiger partial charge in [-0.25, -0.2) is 4.39 Å². The van der Waals surface area contributed by atoms with Crippen molar-refractivity contribution in [3.63, 3.8) is 0 Å². The van der Waals surface area contributed by atoms with Crippen LogP contribution in [0.5, 0.6) is 0 Å². The van der Waals surface area contributed by atoms with Crippen LogP contribution in [0.25, 0.3) is 0 Å². The normalized spacial score (nSPS) is 12.3. The molecule has 0 spiro atoms. The van der Waals surface area contributed by atoms with Crippen LogP contribution in [0.3, 0.4) is 0 Å². The summed E-state index contributed by atoms with van der Waals surface area (Å²) < 4.78 is 13.2. The molecule has 0 aliphatic carbocycles. The summed E-state index contributed by atoms with van der Waals surface area (Å²) in [6.45, 7) is 1.90. The van der Waals surface area contributed by atoms with Crippen molar-refractivity contribution in [2.45, 2.75) is 13.0 Å². The van der Waals surface area contributed by atoms with E-state index in [0.29, 0.717) is 20.8 Å². The molecule has 0 fully saturated rings. The Balaban J connectivity index is 2.26. The Hall–Kier alpha value is -0.960. The molecule has 0 bridgehead atoms. The Morgan fingerprint density at radius 2 is 1.68 bits per heavy atom. The minimum absolute atomic E-state index is 0.133. The Labute approximate surface area is 126 Å². The number of nitrogens with one attached hydrogen (secondary N) is 1. The molecule has 1 unspecified atom stereocenters. The van der Waals surface area contributed by atoms with Crippen molar-refractivity contribution in [1.29, 1.82) is 0 Å². The van der Waals surface area contributed by atoms with Gasteiger partial charge in [-0.1, -0.05) is 46.9 Å². The van der Waals surface area contributed by atoms with Crippen molar-refractivity contribution in [2.75, 3.05) is 5.32 Å². The number of rotatable bonds is 3. The van der Waals surface area contributed by atoms with Gasteiger partial charge in [0.05, 0.1) is 15.7 Å². The van der Waals surface area contributed by atoms with Gasteiger partial charge in [0.2, 0.25) is 0 Å². The Morgan fingerprint density at radius 1 is 1.05 bits per heavy atom.